The number of aryl methyl sites for hydroxylation is 1. The number of rotatable bonds is 6. The second-order valence-corrected chi connectivity index (χ2v) is 8.69. The summed E-state index contributed by atoms with van der Waals surface area (Å²) < 4.78 is 14.3. The van der Waals surface area contributed by atoms with Crippen molar-refractivity contribution in [2.75, 3.05) is 31.6 Å². The Kier molecular flexibility index (Phi) is 4.39. The van der Waals surface area contributed by atoms with Gasteiger partial charge in [-0.1, -0.05) is 18.7 Å². The van der Waals surface area contributed by atoms with E-state index in [1.165, 1.54) is 0 Å². The Bertz CT molecular complexity index is 1060. The van der Waals surface area contributed by atoms with Crippen LogP contribution in [0.3, 0.4) is 0 Å². The van der Waals surface area contributed by atoms with Crippen LogP contribution >= 0.6 is 0 Å². The number of halogens is 1. The monoisotopic (exact) mass is 391 g/mol. The van der Waals surface area contributed by atoms with Gasteiger partial charge in [0.25, 0.3) is 0 Å². The molecule has 5 rings (SSSR count). The summed E-state index contributed by atoms with van der Waals surface area (Å²) in [5.74, 6) is 1.31. The second-order valence-electron chi connectivity index (χ2n) is 8.69. The lowest BCUT2D eigenvalue weighted by atomic mass is 9.57. The van der Waals surface area contributed by atoms with E-state index in [1.807, 2.05) is 30.3 Å². The van der Waals surface area contributed by atoms with Crippen LogP contribution in [0.5, 0.6) is 0 Å². The summed E-state index contributed by atoms with van der Waals surface area (Å²) in [6, 6.07) is 8.46. The summed E-state index contributed by atoms with van der Waals surface area (Å²) in [7, 11) is 1.93. The van der Waals surface area contributed by atoms with Crippen molar-refractivity contribution in [3.63, 3.8) is 0 Å². The predicted octanol–water partition coefficient (Wildman–Crippen LogP) is 4.24. The van der Waals surface area contributed by atoms with Crippen LogP contribution in [0.1, 0.15) is 12.8 Å². The van der Waals surface area contributed by atoms with Crippen molar-refractivity contribution in [2.45, 2.75) is 12.8 Å². The van der Waals surface area contributed by atoms with Crippen molar-refractivity contribution >= 4 is 16.6 Å². The van der Waals surface area contributed by atoms with Crippen molar-refractivity contribution in [1.82, 2.24) is 19.7 Å². The fourth-order valence-electron chi connectivity index (χ4n) is 4.90. The van der Waals surface area contributed by atoms with Crippen LogP contribution in [0.15, 0.2) is 55.1 Å². The molecule has 2 aromatic heterocycles. The molecular formula is C23H26FN5. The quantitative estimate of drug-likeness (QED) is 0.683. The Labute approximate surface area is 170 Å². The maximum absolute atomic E-state index is 12.4. The topological polar surface area (TPSA) is 46.0 Å². The molecule has 150 valence electrons. The van der Waals surface area contributed by atoms with E-state index in [0.717, 1.165) is 59.3 Å². The SMILES string of the molecule is C=C(Nc1cc2cc(-c3cnn(C)c3)ccc2cn1)C1CC2(C1)CN(CCF)C2. The van der Waals surface area contributed by atoms with Crippen LogP contribution in [0.2, 0.25) is 0 Å². The molecule has 29 heavy (non-hydrogen) atoms. The summed E-state index contributed by atoms with van der Waals surface area (Å²) >= 11 is 0. The van der Waals surface area contributed by atoms with Crippen molar-refractivity contribution in [2.24, 2.45) is 18.4 Å². The normalized spacial score (nSPS) is 18.6. The van der Waals surface area contributed by atoms with Crippen molar-refractivity contribution in [1.29, 1.82) is 0 Å². The molecule has 6 heteroatoms. The Morgan fingerprint density at radius 3 is 2.76 bits per heavy atom. The lowest BCUT2D eigenvalue weighted by Gasteiger charge is -2.59. The number of anilines is 1. The third-order valence-electron chi connectivity index (χ3n) is 6.42. The van der Waals surface area contributed by atoms with Gasteiger partial charge in [-0.2, -0.15) is 5.10 Å². The number of allylic oxidation sites excluding steroid dienone is 1. The number of pyridine rings is 1. The predicted molar refractivity (Wildman–Crippen MR) is 114 cm³/mol. The molecule has 1 aliphatic carbocycles. The van der Waals surface area contributed by atoms with E-state index in [0.29, 0.717) is 17.9 Å². The van der Waals surface area contributed by atoms with Crippen LogP contribution in [-0.4, -0.2) is 46.0 Å². The number of likely N-dealkylation sites (tertiary alicyclic amines) is 1. The van der Waals surface area contributed by atoms with Gasteiger partial charge in [0.1, 0.15) is 12.5 Å². The van der Waals surface area contributed by atoms with Crippen molar-refractivity contribution in [3.05, 3.63) is 55.1 Å². The lowest BCUT2D eigenvalue weighted by molar-refractivity contribution is -0.0851. The van der Waals surface area contributed by atoms with Crippen molar-refractivity contribution in [3.8, 4) is 11.1 Å². The van der Waals surface area contributed by atoms with E-state index < -0.39 is 0 Å². The number of nitrogens with one attached hydrogen (secondary N) is 1. The maximum Gasteiger partial charge on any atom is 0.130 e. The van der Waals surface area contributed by atoms with E-state index in [-0.39, 0.29) is 6.67 Å². The Balaban J connectivity index is 1.25. The molecule has 1 aliphatic heterocycles. The average Bonchev–Trinajstić information content (AvgIpc) is 3.08. The van der Waals surface area contributed by atoms with Crippen LogP contribution in [0.4, 0.5) is 10.2 Å². The first-order chi connectivity index (χ1) is 14.0. The van der Waals surface area contributed by atoms with Gasteiger partial charge >= 0.3 is 0 Å². The molecule has 0 amide bonds. The van der Waals surface area contributed by atoms with Gasteiger partial charge < -0.3 is 5.32 Å². The number of aromatic nitrogens is 3. The molecule has 1 N–H and O–H groups in total. The first kappa shape index (κ1) is 18.3. The first-order valence-electron chi connectivity index (χ1n) is 10.2. The van der Waals surface area contributed by atoms with Gasteiger partial charge in [0.15, 0.2) is 0 Å². The number of alkyl halides is 1. The molecule has 3 heterocycles. The molecule has 5 nitrogen and oxygen atoms in total. The fourth-order valence-corrected chi connectivity index (χ4v) is 4.90. The first-order valence-corrected chi connectivity index (χ1v) is 10.2. The summed E-state index contributed by atoms with van der Waals surface area (Å²) in [4.78, 5) is 6.77. The largest absolute Gasteiger partial charge is 0.344 e. The van der Waals surface area contributed by atoms with Gasteiger partial charge in [0.2, 0.25) is 0 Å². The van der Waals surface area contributed by atoms with E-state index in [4.69, 9.17) is 0 Å². The molecule has 0 radical (unpaired) electrons. The van der Waals surface area contributed by atoms with E-state index in [9.17, 15) is 4.39 Å². The van der Waals surface area contributed by atoms with Gasteiger partial charge in [0.05, 0.1) is 6.20 Å². The van der Waals surface area contributed by atoms with Gasteiger partial charge in [-0.05, 0) is 47.3 Å². The molecule has 1 saturated carbocycles. The van der Waals surface area contributed by atoms with Crippen LogP contribution < -0.4 is 5.32 Å². The highest BCUT2D eigenvalue weighted by Gasteiger charge is 2.52. The molecule has 2 fully saturated rings. The average molecular weight is 391 g/mol. The smallest absolute Gasteiger partial charge is 0.130 e. The number of fused-ring (bicyclic) bond motifs is 1. The zero-order valence-corrected chi connectivity index (χ0v) is 16.7. The molecular weight excluding hydrogens is 365 g/mol. The Hall–Kier alpha value is -2.73. The highest BCUT2D eigenvalue weighted by atomic mass is 19.1. The van der Waals surface area contributed by atoms with E-state index >= 15 is 0 Å². The molecule has 1 spiro atoms. The second kappa shape index (κ2) is 6.95. The molecule has 3 aromatic rings. The highest BCUT2D eigenvalue weighted by molar-refractivity contribution is 5.88. The maximum atomic E-state index is 12.4. The molecule has 1 saturated heterocycles. The van der Waals surface area contributed by atoms with Crippen molar-refractivity contribution < 1.29 is 4.39 Å². The summed E-state index contributed by atoms with van der Waals surface area (Å²) in [6.45, 7) is 6.66. The minimum absolute atomic E-state index is 0.246. The Morgan fingerprint density at radius 1 is 1.21 bits per heavy atom. The van der Waals surface area contributed by atoms with Crippen LogP contribution in [0.25, 0.3) is 21.9 Å². The number of nitrogens with zero attached hydrogens (tertiary/aromatic N) is 4. The van der Waals surface area contributed by atoms with Gasteiger partial charge in [-0.15, -0.1) is 0 Å². The zero-order valence-electron chi connectivity index (χ0n) is 16.7. The third kappa shape index (κ3) is 3.42. The summed E-state index contributed by atoms with van der Waals surface area (Å²) in [5.41, 5.74) is 3.69. The molecule has 2 aliphatic rings. The molecule has 0 bridgehead atoms. The van der Waals surface area contributed by atoms with Gasteiger partial charge in [-0.25, -0.2) is 9.37 Å². The lowest BCUT2D eigenvalue weighted by Crippen LogP contribution is -2.62. The molecule has 1 aromatic carbocycles. The number of benzene rings is 1. The molecule has 0 atom stereocenters. The minimum Gasteiger partial charge on any atom is -0.344 e. The van der Waals surface area contributed by atoms with Crippen LogP contribution in [0, 0.1) is 11.3 Å². The van der Waals surface area contributed by atoms with E-state index in [1.54, 1.807) is 0 Å². The fraction of sp³-hybridized carbons (Fsp3) is 0.391. The van der Waals surface area contributed by atoms with Gasteiger partial charge in [0, 0.05) is 55.7 Å². The standard InChI is InChI=1S/C23H26FN5/c1-16(20-9-23(10-20)14-29(15-23)6-5-24)27-22-8-19-7-17(3-4-18(19)11-25-22)21-12-26-28(2)13-21/h3-4,7-8,11-13,20H,1,5-6,9-10,14-15H2,2H3,(H,25,27). The van der Waals surface area contributed by atoms with Gasteiger partial charge in [-0.3, -0.25) is 9.58 Å². The summed E-state index contributed by atoms with van der Waals surface area (Å²) in [5, 5.41) is 9.94. The Morgan fingerprint density at radius 2 is 2.03 bits per heavy atom. The summed E-state index contributed by atoms with van der Waals surface area (Å²) in [6.07, 6.45) is 8.08. The zero-order chi connectivity index (χ0) is 20.0. The minimum atomic E-state index is -0.246. The number of hydrogen-bond donors (Lipinski definition) is 1. The molecule has 0 unspecified atom stereocenters. The third-order valence-corrected chi connectivity index (χ3v) is 6.42. The van der Waals surface area contributed by atoms with Crippen LogP contribution in [-0.2, 0) is 7.05 Å². The highest BCUT2D eigenvalue weighted by Crippen LogP contribution is 2.53. The van der Waals surface area contributed by atoms with E-state index in [2.05, 4.69) is 51.1 Å². The number of hydrogen-bond acceptors (Lipinski definition) is 4.